The molecule has 26 heavy (non-hydrogen) atoms. The first-order valence-electron chi connectivity index (χ1n) is 7.95. The molecule has 0 aliphatic rings. The van der Waals surface area contributed by atoms with Crippen molar-refractivity contribution in [3.05, 3.63) is 40.9 Å². The molecule has 0 fully saturated rings. The molecule has 1 N–H and O–H groups in total. The van der Waals surface area contributed by atoms with Gasteiger partial charge in [-0.15, -0.1) is 0 Å². The Labute approximate surface area is 158 Å². The molecule has 0 saturated carbocycles. The first-order chi connectivity index (χ1) is 12.5. The molecule has 0 radical (unpaired) electrons. The number of carbonyl (C=O) groups excluding carboxylic acids is 1. The molecule has 0 aromatic heterocycles. The summed E-state index contributed by atoms with van der Waals surface area (Å²) < 4.78 is 21.1. The van der Waals surface area contributed by atoms with Gasteiger partial charge in [-0.25, -0.2) is 0 Å². The van der Waals surface area contributed by atoms with E-state index in [0.717, 1.165) is 5.56 Å². The maximum absolute atomic E-state index is 12.4. The van der Waals surface area contributed by atoms with Gasteiger partial charge in [-0.05, 0) is 18.1 Å². The van der Waals surface area contributed by atoms with Crippen LogP contribution in [0.2, 0.25) is 5.02 Å². The number of nitrogens with one attached hydrogen (secondary N) is 1. The summed E-state index contributed by atoms with van der Waals surface area (Å²) in [4.78, 5) is 12.4. The molecule has 7 heteroatoms. The Morgan fingerprint density at radius 2 is 1.65 bits per heavy atom. The van der Waals surface area contributed by atoms with Crippen LogP contribution >= 0.6 is 11.6 Å². The highest BCUT2D eigenvalue weighted by molar-refractivity contribution is 6.32. The summed E-state index contributed by atoms with van der Waals surface area (Å²) in [5, 5.41) is 3.23. The predicted octanol–water partition coefficient (Wildman–Crippen LogP) is 3.95. The van der Waals surface area contributed by atoms with Crippen LogP contribution < -0.4 is 24.3 Å². The van der Waals surface area contributed by atoms with E-state index in [2.05, 4.69) is 5.32 Å². The maximum Gasteiger partial charge on any atom is 0.224 e. The van der Waals surface area contributed by atoms with Crippen molar-refractivity contribution in [3.8, 4) is 23.0 Å². The molecule has 140 valence electrons. The van der Waals surface area contributed by atoms with E-state index in [1.807, 2.05) is 18.2 Å². The number of amides is 1. The minimum atomic E-state index is -0.169. The number of hydrogen-bond acceptors (Lipinski definition) is 5. The van der Waals surface area contributed by atoms with Gasteiger partial charge in [0.15, 0.2) is 11.5 Å². The molecule has 0 saturated heterocycles. The lowest BCUT2D eigenvalue weighted by Crippen LogP contribution is -2.13. The molecular formula is C19H22ClNO5. The smallest absolute Gasteiger partial charge is 0.224 e. The fourth-order valence-corrected chi connectivity index (χ4v) is 2.80. The van der Waals surface area contributed by atoms with Crippen LogP contribution in [0.4, 0.5) is 5.69 Å². The van der Waals surface area contributed by atoms with E-state index in [-0.39, 0.29) is 12.3 Å². The molecule has 0 bridgehead atoms. The van der Waals surface area contributed by atoms with Gasteiger partial charge in [-0.3, -0.25) is 4.79 Å². The van der Waals surface area contributed by atoms with Crippen molar-refractivity contribution < 1.29 is 23.7 Å². The summed E-state index contributed by atoms with van der Waals surface area (Å²) in [6, 6.07) is 8.81. The van der Waals surface area contributed by atoms with Crippen LogP contribution in [0.15, 0.2) is 30.3 Å². The number of aryl methyl sites for hydroxylation is 1. The number of benzene rings is 2. The van der Waals surface area contributed by atoms with Gasteiger partial charge in [0.25, 0.3) is 0 Å². The van der Waals surface area contributed by atoms with Crippen LogP contribution in [-0.2, 0) is 11.2 Å². The number of para-hydroxylation sites is 1. The van der Waals surface area contributed by atoms with Crippen LogP contribution in [0, 0.1) is 0 Å². The average Bonchev–Trinajstić information content (AvgIpc) is 2.66. The number of ether oxygens (including phenoxy) is 4. The summed E-state index contributed by atoms with van der Waals surface area (Å²) in [7, 11) is 6.17. The molecule has 0 aliphatic carbocycles. The second-order valence-electron chi connectivity index (χ2n) is 5.39. The lowest BCUT2D eigenvalue weighted by molar-refractivity contribution is -0.116. The number of anilines is 1. The second-order valence-corrected chi connectivity index (χ2v) is 5.80. The Balaban J connectivity index is 2.11. The fraction of sp³-hybridized carbons (Fsp3) is 0.316. The standard InChI is InChI=1S/C19H22ClNO5/c1-23-15-7-5-6-12(19(15)26-4)8-9-18(22)21-14-11-16(24-2)13(20)10-17(14)25-3/h5-7,10-11H,8-9H2,1-4H3,(H,21,22). The van der Waals surface area contributed by atoms with Crippen molar-refractivity contribution in [1.29, 1.82) is 0 Å². The van der Waals surface area contributed by atoms with Crippen molar-refractivity contribution >= 4 is 23.2 Å². The summed E-state index contributed by atoms with van der Waals surface area (Å²) in [6.07, 6.45) is 0.761. The van der Waals surface area contributed by atoms with E-state index >= 15 is 0 Å². The summed E-state index contributed by atoms with van der Waals surface area (Å²) in [5.41, 5.74) is 1.39. The van der Waals surface area contributed by atoms with Crippen LogP contribution in [-0.4, -0.2) is 34.3 Å². The molecule has 2 rings (SSSR count). The van der Waals surface area contributed by atoms with E-state index in [4.69, 9.17) is 30.5 Å². The van der Waals surface area contributed by atoms with Gasteiger partial charge in [0.05, 0.1) is 39.1 Å². The molecule has 6 nitrogen and oxygen atoms in total. The van der Waals surface area contributed by atoms with E-state index in [0.29, 0.717) is 40.1 Å². The van der Waals surface area contributed by atoms with E-state index < -0.39 is 0 Å². The second kappa shape index (κ2) is 9.20. The van der Waals surface area contributed by atoms with Crippen LogP contribution in [0.5, 0.6) is 23.0 Å². The monoisotopic (exact) mass is 379 g/mol. The van der Waals surface area contributed by atoms with E-state index in [1.54, 1.807) is 26.4 Å². The Hall–Kier alpha value is -2.60. The minimum absolute atomic E-state index is 0.169. The van der Waals surface area contributed by atoms with E-state index in [9.17, 15) is 4.79 Å². The van der Waals surface area contributed by atoms with Crippen LogP contribution in [0.25, 0.3) is 0 Å². The van der Waals surface area contributed by atoms with Crippen molar-refractivity contribution in [1.82, 2.24) is 0 Å². The Morgan fingerprint density at radius 1 is 0.962 bits per heavy atom. The lowest BCUT2D eigenvalue weighted by Gasteiger charge is -2.14. The van der Waals surface area contributed by atoms with Crippen molar-refractivity contribution in [2.75, 3.05) is 33.8 Å². The highest BCUT2D eigenvalue weighted by Crippen LogP contribution is 2.36. The Morgan fingerprint density at radius 3 is 2.27 bits per heavy atom. The highest BCUT2D eigenvalue weighted by Gasteiger charge is 2.14. The molecule has 0 heterocycles. The number of methoxy groups -OCH3 is 4. The molecule has 2 aromatic carbocycles. The molecule has 0 aliphatic heterocycles. The van der Waals surface area contributed by atoms with Gasteiger partial charge in [0, 0.05) is 18.6 Å². The molecule has 0 atom stereocenters. The van der Waals surface area contributed by atoms with Crippen molar-refractivity contribution in [2.24, 2.45) is 0 Å². The van der Waals surface area contributed by atoms with Crippen molar-refractivity contribution in [2.45, 2.75) is 12.8 Å². The predicted molar refractivity (Wildman–Crippen MR) is 101 cm³/mol. The Kier molecular flexibility index (Phi) is 6.97. The summed E-state index contributed by atoms with van der Waals surface area (Å²) >= 11 is 6.08. The molecule has 0 spiro atoms. The number of halogens is 1. The molecule has 0 unspecified atom stereocenters. The normalized spacial score (nSPS) is 10.2. The van der Waals surface area contributed by atoms with Gasteiger partial charge in [0.2, 0.25) is 5.91 Å². The quantitative estimate of drug-likeness (QED) is 0.752. The van der Waals surface area contributed by atoms with Gasteiger partial charge in [-0.2, -0.15) is 0 Å². The minimum Gasteiger partial charge on any atom is -0.495 e. The number of rotatable bonds is 8. The zero-order valence-electron chi connectivity index (χ0n) is 15.2. The third-order valence-corrected chi connectivity index (χ3v) is 4.15. The lowest BCUT2D eigenvalue weighted by atomic mass is 10.1. The largest absolute Gasteiger partial charge is 0.495 e. The molecular weight excluding hydrogens is 358 g/mol. The topological polar surface area (TPSA) is 66.0 Å². The van der Waals surface area contributed by atoms with Crippen LogP contribution in [0.3, 0.4) is 0 Å². The van der Waals surface area contributed by atoms with Crippen LogP contribution in [0.1, 0.15) is 12.0 Å². The molecule has 1 amide bonds. The van der Waals surface area contributed by atoms with E-state index in [1.165, 1.54) is 14.2 Å². The van der Waals surface area contributed by atoms with Gasteiger partial charge in [-0.1, -0.05) is 23.7 Å². The number of carbonyl (C=O) groups is 1. The van der Waals surface area contributed by atoms with Gasteiger partial charge in [0.1, 0.15) is 11.5 Å². The van der Waals surface area contributed by atoms with Crippen molar-refractivity contribution in [3.63, 3.8) is 0 Å². The number of hydrogen-bond donors (Lipinski definition) is 1. The summed E-state index contributed by atoms with van der Waals surface area (Å²) in [5.74, 6) is 2.01. The highest BCUT2D eigenvalue weighted by atomic mass is 35.5. The molecule has 2 aromatic rings. The zero-order valence-corrected chi connectivity index (χ0v) is 16.0. The third kappa shape index (κ3) is 4.52. The SMILES string of the molecule is COc1cc(NC(=O)CCc2cccc(OC)c2OC)c(OC)cc1Cl. The third-order valence-electron chi connectivity index (χ3n) is 3.85. The average molecular weight is 380 g/mol. The van der Waals surface area contributed by atoms with Gasteiger partial charge < -0.3 is 24.3 Å². The first-order valence-corrected chi connectivity index (χ1v) is 8.33. The zero-order chi connectivity index (χ0) is 19.1. The Bertz CT molecular complexity index is 779. The fourth-order valence-electron chi connectivity index (χ4n) is 2.57. The first kappa shape index (κ1) is 19.7. The maximum atomic E-state index is 12.4. The van der Waals surface area contributed by atoms with Gasteiger partial charge >= 0.3 is 0 Å². The summed E-state index contributed by atoms with van der Waals surface area (Å²) in [6.45, 7) is 0.